The van der Waals surface area contributed by atoms with Crippen LogP contribution < -0.4 is 0 Å². The van der Waals surface area contributed by atoms with Gasteiger partial charge in [-0.15, -0.1) is 0 Å². The summed E-state index contributed by atoms with van der Waals surface area (Å²) in [6.07, 6.45) is 3.95. The second kappa shape index (κ2) is 7.42. The van der Waals surface area contributed by atoms with Crippen LogP contribution in [0.25, 0.3) is 0 Å². The highest BCUT2D eigenvalue weighted by Gasteiger charge is 2.30. The molecule has 118 valence electrons. The average Bonchev–Trinajstić information content (AvgIpc) is 2.73. The molecule has 1 aromatic carbocycles. The third-order valence-electron chi connectivity index (χ3n) is 5.20. The molecule has 2 nitrogen and oxygen atoms in total. The van der Waals surface area contributed by atoms with Crippen LogP contribution in [-0.4, -0.2) is 36.2 Å². The van der Waals surface area contributed by atoms with Crippen LogP contribution in [0.3, 0.4) is 0 Å². The molecule has 0 aliphatic carbocycles. The highest BCUT2D eigenvalue weighted by atomic mass is 16.3. The minimum Gasteiger partial charge on any atom is -0.395 e. The highest BCUT2D eigenvalue weighted by molar-refractivity contribution is 5.25. The van der Waals surface area contributed by atoms with Gasteiger partial charge in [0, 0.05) is 12.0 Å². The molecule has 2 heteroatoms. The predicted molar refractivity (Wildman–Crippen MR) is 89.5 cm³/mol. The molecular weight excluding hydrogens is 258 g/mol. The molecule has 2 atom stereocenters. The smallest absolute Gasteiger partial charge is 0.0537 e. The van der Waals surface area contributed by atoms with Crippen LogP contribution in [-0.2, 0) is 5.41 Å². The number of aliphatic hydroxyl groups excluding tert-OH is 1. The maximum atomic E-state index is 9.95. The van der Waals surface area contributed by atoms with Gasteiger partial charge >= 0.3 is 0 Å². The number of rotatable bonds is 5. The maximum absolute atomic E-state index is 9.95. The lowest BCUT2D eigenvalue weighted by molar-refractivity contribution is 0.144. The van der Waals surface area contributed by atoms with Crippen molar-refractivity contribution >= 4 is 0 Å². The van der Waals surface area contributed by atoms with Gasteiger partial charge in [-0.25, -0.2) is 0 Å². The molecule has 0 bridgehead atoms. The number of hydrogen-bond donors (Lipinski definition) is 1. The molecule has 1 N–H and O–H groups in total. The lowest BCUT2D eigenvalue weighted by Crippen LogP contribution is -2.42. The first-order chi connectivity index (χ1) is 10.0. The number of hydrogen-bond acceptors (Lipinski definition) is 2. The van der Waals surface area contributed by atoms with Crippen molar-refractivity contribution in [1.82, 2.24) is 4.90 Å². The summed E-state index contributed by atoms with van der Waals surface area (Å²) in [5, 5.41) is 9.95. The van der Waals surface area contributed by atoms with E-state index in [-0.39, 0.29) is 12.0 Å². The summed E-state index contributed by atoms with van der Waals surface area (Å²) in [4.78, 5) is 2.56. The molecule has 0 amide bonds. The topological polar surface area (TPSA) is 23.5 Å². The summed E-state index contributed by atoms with van der Waals surface area (Å²) < 4.78 is 0. The molecule has 1 heterocycles. The van der Waals surface area contributed by atoms with Crippen LogP contribution in [0.15, 0.2) is 30.3 Å². The number of likely N-dealkylation sites (tertiary alicyclic amines) is 1. The number of benzene rings is 1. The fourth-order valence-corrected chi connectivity index (χ4v) is 3.57. The van der Waals surface area contributed by atoms with Gasteiger partial charge in [0.2, 0.25) is 0 Å². The molecular formula is C19H31NO. The fourth-order valence-electron chi connectivity index (χ4n) is 3.57. The second-order valence-electron chi connectivity index (χ2n) is 7.30. The first kappa shape index (κ1) is 16.5. The van der Waals surface area contributed by atoms with Crippen molar-refractivity contribution in [3.05, 3.63) is 35.9 Å². The van der Waals surface area contributed by atoms with E-state index in [0.29, 0.717) is 0 Å². The molecule has 0 spiro atoms. The van der Waals surface area contributed by atoms with Crippen molar-refractivity contribution in [1.29, 1.82) is 0 Å². The Hall–Kier alpha value is -0.860. The summed E-state index contributed by atoms with van der Waals surface area (Å²) >= 11 is 0. The number of aliphatic hydroxyl groups is 1. The van der Waals surface area contributed by atoms with E-state index in [1.54, 1.807) is 0 Å². The highest BCUT2D eigenvalue weighted by Crippen LogP contribution is 2.28. The Bertz CT molecular complexity index is 417. The van der Waals surface area contributed by atoms with E-state index in [1.165, 1.54) is 37.9 Å². The van der Waals surface area contributed by atoms with Gasteiger partial charge in [0.1, 0.15) is 0 Å². The van der Waals surface area contributed by atoms with E-state index in [4.69, 9.17) is 0 Å². The third kappa shape index (κ3) is 4.31. The molecule has 1 saturated heterocycles. The first-order valence-corrected chi connectivity index (χ1v) is 8.44. The van der Waals surface area contributed by atoms with Crippen LogP contribution in [0.2, 0.25) is 0 Å². The molecule has 1 aromatic rings. The second-order valence-corrected chi connectivity index (χ2v) is 7.30. The Morgan fingerprint density at radius 2 is 1.90 bits per heavy atom. The van der Waals surface area contributed by atoms with Crippen LogP contribution in [0, 0.1) is 11.8 Å². The van der Waals surface area contributed by atoms with Crippen LogP contribution >= 0.6 is 0 Å². The molecule has 2 rings (SSSR count). The van der Waals surface area contributed by atoms with Gasteiger partial charge in [-0.3, -0.25) is 0 Å². The quantitative estimate of drug-likeness (QED) is 0.893. The molecule has 21 heavy (non-hydrogen) atoms. The van der Waals surface area contributed by atoms with Gasteiger partial charge in [0.25, 0.3) is 0 Å². The minimum absolute atomic E-state index is 0.154. The summed E-state index contributed by atoms with van der Waals surface area (Å²) in [6, 6.07) is 10.5. The molecule has 1 aliphatic rings. The van der Waals surface area contributed by atoms with E-state index in [1.807, 2.05) is 6.07 Å². The van der Waals surface area contributed by atoms with Crippen molar-refractivity contribution in [3.63, 3.8) is 0 Å². The Morgan fingerprint density at radius 3 is 2.52 bits per heavy atom. The Labute approximate surface area is 130 Å². The Balaban J connectivity index is 2.02. The molecule has 2 unspecified atom stereocenters. The van der Waals surface area contributed by atoms with E-state index in [2.05, 4.69) is 49.9 Å². The van der Waals surface area contributed by atoms with Crippen LogP contribution in [0.4, 0.5) is 0 Å². The van der Waals surface area contributed by atoms with E-state index >= 15 is 0 Å². The molecule has 0 saturated carbocycles. The zero-order valence-electron chi connectivity index (χ0n) is 13.9. The van der Waals surface area contributed by atoms with Gasteiger partial charge < -0.3 is 10.0 Å². The van der Waals surface area contributed by atoms with Gasteiger partial charge in [0.15, 0.2) is 0 Å². The van der Waals surface area contributed by atoms with Gasteiger partial charge in [-0.1, -0.05) is 51.1 Å². The van der Waals surface area contributed by atoms with Gasteiger partial charge in [0.05, 0.1) is 6.61 Å². The summed E-state index contributed by atoms with van der Waals surface area (Å²) in [5.74, 6) is 1.66. The Morgan fingerprint density at radius 1 is 1.19 bits per heavy atom. The molecule has 0 aromatic heterocycles. The largest absolute Gasteiger partial charge is 0.395 e. The zero-order chi connectivity index (χ0) is 15.3. The SMILES string of the molecule is CC(C)C1CCCN(CC(C)(CO)c2ccccc2)CC1. The predicted octanol–water partition coefficient (Wildman–Crippen LogP) is 3.69. The summed E-state index contributed by atoms with van der Waals surface area (Å²) in [5.41, 5.74) is 1.09. The van der Waals surface area contributed by atoms with Crippen molar-refractivity contribution in [2.75, 3.05) is 26.2 Å². The van der Waals surface area contributed by atoms with Gasteiger partial charge in [-0.2, -0.15) is 0 Å². The lowest BCUT2D eigenvalue weighted by atomic mass is 9.82. The van der Waals surface area contributed by atoms with Gasteiger partial charge in [-0.05, 0) is 49.8 Å². The van der Waals surface area contributed by atoms with Crippen molar-refractivity contribution < 1.29 is 5.11 Å². The summed E-state index contributed by atoms with van der Waals surface area (Å²) in [6.45, 7) is 10.4. The van der Waals surface area contributed by atoms with Crippen LogP contribution in [0.5, 0.6) is 0 Å². The Kier molecular flexibility index (Phi) is 5.83. The molecule has 0 radical (unpaired) electrons. The lowest BCUT2D eigenvalue weighted by Gasteiger charge is -2.34. The maximum Gasteiger partial charge on any atom is 0.0537 e. The minimum atomic E-state index is -0.154. The third-order valence-corrected chi connectivity index (χ3v) is 5.20. The van der Waals surface area contributed by atoms with E-state index in [0.717, 1.165) is 18.4 Å². The average molecular weight is 289 g/mol. The van der Waals surface area contributed by atoms with Crippen molar-refractivity contribution in [2.45, 2.75) is 45.4 Å². The van der Waals surface area contributed by atoms with Crippen molar-refractivity contribution in [3.8, 4) is 0 Å². The molecule has 1 fully saturated rings. The van der Waals surface area contributed by atoms with E-state index in [9.17, 15) is 5.11 Å². The normalized spacial score (nSPS) is 23.8. The molecule has 1 aliphatic heterocycles. The van der Waals surface area contributed by atoms with Crippen molar-refractivity contribution in [2.24, 2.45) is 11.8 Å². The fraction of sp³-hybridized carbons (Fsp3) is 0.684. The summed E-state index contributed by atoms with van der Waals surface area (Å²) in [7, 11) is 0. The van der Waals surface area contributed by atoms with Crippen LogP contribution in [0.1, 0.15) is 45.6 Å². The monoisotopic (exact) mass is 289 g/mol. The van der Waals surface area contributed by atoms with E-state index < -0.39 is 0 Å². The first-order valence-electron chi connectivity index (χ1n) is 8.44. The number of nitrogens with zero attached hydrogens (tertiary/aromatic N) is 1. The standard InChI is InChI=1S/C19H31NO/c1-16(2)17-8-7-12-20(13-11-17)14-19(3,15-21)18-9-5-4-6-10-18/h4-6,9-10,16-17,21H,7-8,11-15H2,1-3H3. The zero-order valence-corrected chi connectivity index (χ0v) is 13.9.